The van der Waals surface area contributed by atoms with Crippen molar-refractivity contribution in [2.24, 2.45) is 11.8 Å². The molecular formula is C16H32N2. The van der Waals surface area contributed by atoms with Crippen molar-refractivity contribution in [2.45, 2.75) is 70.9 Å². The number of hydrogen-bond donors (Lipinski definition) is 1. The molecule has 1 aliphatic heterocycles. The number of nitrogens with one attached hydrogen (secondary N) is 1. The molecule has 3 unspecified atom stereocenters. The number of likely N-dealkylation sites (N-methyl/N-ethyl adjacent to an activating group) is 1. The number of likely N-dealkylation sites (tertiary alicyclic amines) is 1. The van der Waals surface area contributed by atoms with E-state index in [0.717, 1.165) is 23.9 Å². The van der Waals surface area contributed by atoms with Gasteiger partial charge in [-0.1, -0.05) is 26.2 Å². The van der Waals surface area contributed by atoms with Crippen molar-refractivity contribution in [1.82, 2.24) is 10.2 Å². The molecule has 3 atom stereocenters. The molecule has 0 spiro atoms. The van der Waals surface area contributed by atoms with Crippen molar-refractivity contribution in [1.29, 1.82) is 0 Å². The lowest BCUT2D eigenvalue weighted by Crippen LogP contribution is -2.50. The van der Waals surface area contributed by atoms with E-state index in [1.165, 1.54) is 58.0 Å². The molecule has 1 N–H and O–H groups in total. The van der Waals surface area contributed by atoms with Crippen molar-refractivity contribution in [3.8, 4) is 0 Å². The first-order chi connectivity index (χ1) is 8.70. The van der Waals surface area contributed by atoms with Gasteiger partial charge in [0.1, 0.15) is 0 Å². The summed E-state index contributed by atoms with van der Waals surface area (Å²) in [6.07, 6.45) is 10.1. The Labute approximate surface area is 114 Å². The summed E-state index contributed by atoms with van der Waals surface area (Å²) in [5, 5.41) is 3.61. The third-order valence-electron chi connectivity index (χ3n) is 5.27. The number of nitrogens with zero attached hydrogens (tertiary/aromatic N) is 1. The molecule has 1 aliphatic carbocycles. The Morgan fingerprint density at radius 1 is 1.06 bits per heavy atom. The Kier molecular flexibility index (Phi) is 5.50. The third kappa shape index (κ3) is 3.71. The maximum atomic E-state index is 3.61. The standard InChI is InChI=1S/C16H32N2/c1-13-9-10-14(2)18(11-13)12-16(17-3)15-7-5-4-6-8-15/h13-17H,4-12H2,1-3H3. The fraction of sp³-hybridized carbons (Fsp3) is 1.00. The van der Waals surface area contributed by atoms with Crippen LogP contribution >= 0.6 is 0 Å². The van der Waals surface area contributed by atoms with Crippen molar-refractivity contribution in [3.05, 3.63) is 0 Å². The van der Waals surface area contributed by atoms with E-state index in [-0.39, 0.29) is 0 Å². The van der Waals surface area contributed by atoms with Crippen molar-refractivity contribution in [2.75, 3.05) is 20.1 Å². The molecule has 0 radical (unpaired) electrons. The minimum absolute atomic E-state index is 0.720. The average molecular weight is 252 g/mol. The highest BCUT2D eigenvalue weighted by Gasteiger charge is 2.28. The Morgan fingerprint density at radius 3 is 2.44 bits per heavy atom. The van der Waals surface area contributed by atoms with E-state index in [1.807, 2.05) is 0 Å². The van der Waals surface area contributed by atoms with Gasteiger partial charge < -0.3 is 5.32 Å². The molecule has 1 heterocycles. The van der Waals surface area contributed by atoms with Gasteiger partial charge in [0.25, 0.3) is 0 Å². The zero-order valence-electron chi connectivity index (χ0n) is 12.6. The minimum Gasteiger partial charge on any atom is -0.315 e. The van der Waals surface area contributed by atoms with E-state index in [1.54, 1.807) is 0 Å². The van der Waals surface area contributed by atoms with Crippen molar-refractivity contribution < 1.29 is 0 Å². The molecule has 106 valence electrons. The Balaban J connectivity index is 1.87. The quantitative estimate of drug-likeness (QED) is 0.826. The highest BCUT2D eigenvalue weighted by molar-refractivity contribution is 4.85. The van der Waals surface area contributed by atoms with E-state index in [2.05, 4.69) is 31.1 Å². The summed E-state index contributed by atoms with van der Waals surface area (Å²) in [6.45, 7) is 7.41. The van der Waals surface area contributed by atoms with E-state index in [4.69, 9.17) is 0 Å². The summed E-state index contributed by atoms with van der Waals surface area (Å²) >= 11 is 0. The molecule has 0 aromatic heterocycles. The predicted molar refractivity (Wildman–Crippen MR) is 78.9 cm³/mol. The lowest BCUT2D eigenvalue weighted by Gasteiger charge is -2.41. The van der Waals surface area contributed by atoms with Crippen LogP contribution in [0.3, 0.4) is 0 Å². The van der Waals surface area contributed by atoms with Crippen molar-refractivity contribution in [3.63, 3.8) is 0 Å². The molecule has 2 nitrogen and oxygen atoms in total. The van der Waals surface area contributed by atoms with Crippen LogP contribution in [0.2, 0.25) is 0 Å². The fourth-order valence-electron chi connectivity index (χ4n) is 3.90. The van der Waals surface area contributed by atoms with Crippen molar-refractivity contribution >= 4 is 0 Å². The van der Waals surface area contributed by atoms with Crippen LogP contribution in [0.4, 0.5) is 0 Å². The Bertz CT molecular complexity index is 235. The molecule has 2 fully saturated rings. The van der Waals surface area contributed by atoms with E-state index in [9.17, 15) is 0 Å². The van der Waals surface area contributed by atoms with Crippen LogP contribution in [0.15, 0.2) is 0 Å². The topological polar surface area (TPSA) is 15.3 Å². The molecule has 2 aliphatic rings. The number of piperidine rings is 1. The third-order valence-corrected chi connectivity index (χ3v) is 5.27. The van der Waals surface area contributed by atoms with Gasteiger partial charge in [0, 0.05) is 25.2 Å². The summed E-state index contributed by atoms with van der Waals surface area (Å²) in [5.74, 6) is 1.82. The highest BCUT2D eigenvalue weighted by Crippen LogP contribution is 2.28. The van der Waals surface area contributed by atoms with Gasteiger partial charge in [0.15, 0.2) is 0 Å². The first-order valence-electron chi connectivity index (χ1n) is 8.12. The SMILES string of the molecule is CNC(CN1CC(C)CCC1C)C1CCCCC1. The zero-order chi connectivity index (χ0) is 13.0. The lowest BCUT2D eigenvalue weighted by molar-refractivity contribution is 0.0962. The lowest BCUT2D eigenvalue weighted by atomic mass is 9.83. The van der Waals surface area contributed by atoms with Gasteiger partial charge in [0.05, 0.1) is 0 Å². The number of hydrogen-bond acceptors (Lipinski definition) is 2. The molecule has 18 heavy (non-hydrogen) atoms. The molecule has 0 aromatic rings. The minimum atomic E-state index is 0.720. The zero-order valence-corrected chi connectivity index (χ0v) is 12.6. The van der Waals surface area contributed by atoms with E-state index >= 15 is 0 Å². The van der Waals surface area contributed by atoms with Gasteiger partial charge in [-0.3, -0.25) is 4.90 Å². The van der Waals surface area contributed by atoms with Crippen LogP contribution in [0.5, 0.6) is 0 Å². The second-order valence-electron chi connectivity index (χ2n) is 6.78. The first kappa shape index (κ1) is 14.3. The van der Waals surface area contributed by atoms with Gasteiger partial charge in [0.2, 0.25) is 0 Å². The Morgan fingerprint density at radius 2 is 1.78 bits per heavy atom. The molecular weight excluding hydrogens is 220 g/mol. The molecule has 2 rings (SSSR count). The van der Waals surface area contributed by atoms with Crippen LogP contribution in [0, 0.1) is 11.8 Å². The summed E-state index contributed by atoms with van der Waals surface area (Å²) in [4.78, 5) is 2.74. The van der Waals surface area contributed by atoms with Gasteiger partial charge in [-0.25, -0.2) is 0 Å². The smallest absolute Gasteiger partial charge is 0.0220 e. The van der Waals surface area contributed by atoms with Gasteiger partial charge in [-0.15, -0.1) is 0 Å². The van der Waals surface area contributed by atoms with Gasteiger partial charge >= 0.3 is 0 Å². The maximum absolute atomic E-state index is 3.61. The molecule has 2 heteroatoms. The van der Waals surface area contributed by atoms with E-state index < -0.39 is 0 Å². The largest absolute Gasteiger partial charge is 0.315 e. The molecule has 0 amide bonds. The van der Waals surface area contributed by atoms with Crippen LogP contribution in [0.1, 0.15) is 58.8 Å². The van der Waals surface area contributed by atoms with Crippen LogP contribution < -0.4 is 5.32 Å². The summed E-state index contributed by atoms with van der Waals surface area (Å²) < 4.78 is 0. The van der Waals surface area contributed by atoms with Gasteiger partial charge in [-0.05, 0) is 51.5 Å². The van der Waals surface area contributed by atoms with Crippen LogP contribution in [-0.4, -0.2) is 37.1 Å². The molecule has 0 aromatic carbocycles. The monoisotopic (exact) mass is 252 g/mol. The molecule has 1 saturated carbocycles. The fourth-order valence-corrected chi connectivity index (χ4v) is 3.90. The molecule has 1 saturated heterocycles. The normalized spacial score (nSPS) is 33.5. The van der Waals surface area contributed by atoms with E-state index in [0.29, 0.717) is 0 Å². The summed E-state index contributed by atoms with van der Waals surface area (Å²) in [7, 11) is 2.16. The second kappa shape index (κ2) is 6.91. The summed E-state index contributed by atoms with van der Waals surface area (Å²) in [6, 6.07) is 1.51. The predicted octanol–water partition coefficient (Wildman–Crippen LogP) is 3.28. The summed E-state index contributed by atoms with van der Waals surface area (Å²) in [5.41, 5.74) is 0. The highest BCUT2D eigenvalue weighted by atomic mass is 15.2. The van der Waals surface area contributed by atoms with Crippen LogP contribution in [0.25, 0.3) is 0 Å². The van der Waals surface area contributed by atoms with Gasteiger partial charge in [-0.2, -0.15) is 0 Å². The maximum Gasteiger partial charge on any atom is 0.0220 e. The second-order valence-corrected chi connectivity index (χ2v) is 6.78. The Hall–Kier alpha value is -0.0800. The number of rotatable bonds is 4. The van der Waals surface area contributed by atoms with Crippen LogP contribution in [-0.2, 0) is 0 Å². The molecule has 0 bridgehead atoms. The first-order valence-corrected chi connectivity index (χ1v) is 8.12. The average Bonchev–Trinajstić information content (AvgIpc) is 2.41.